The largest absolute Gasteiger partial charge is 0.411 e. The Morgan fingerprint density at radius 3 is 2.21 bits per heavy atom. The van der Waals surface area contributed by atoms with E-state index in [2.05, 4.69) is 40.8 Å². The van der Waals surface area contributed by atoms with Crippen LogP contribution in [-0.2, 0) is 9.16 Å². The summed E-state index contributed by atoms with van der Waals surface area (Å²) >= 11 is 0. The van der Waals surface area contributed by atoms with Crippen molar-refractivity contribution in [2.45, 2.75) is 64.5 Å². The third-order valence-electron chi connectivity index (χ3n) is 3.43. The van der Waals surface area contributed by atoms with Gasteiger partial charge in [0.2, 0.25) is 0 Å². The number of hydrogen-bond donors (Lipinski definition) is 0. The Bertz CT molecular complexity index is 192. The standard InChI is InChI=1S/C11H24O2Si/c1-7-9(10-8-12-10)13-14(5,6)11(2,3)4/h9-10H,7-8H2,1-6H3. The van der Waals surface area contributed by atoms with Crippen LogP contribution in [0.3, 0.4) is 0 Å². The lowest BCUT2D eigenvalue weighted by Crippen LogP contribution is -2.45. The Kier molecular flexibility index (Phi) is 3.44. The van der Waals surface area contributed by atoms with E-state index in [1.54, 1.807) is 0 Å². The highest BCUT2D eigenvalue weighted by Gasteiger charge is 2.42. The van der Waals surface area contributed by atoms with Gasteiger partial charge in [-0.15, -0.1) is 0 Å². The summed E-state index contributed by atoms with van der Waals surface area (Å²) in [5, 5.41) is 0.301. The van der Waals surface area contributed by atoms with E-state index in [9.17, 15) is 0 Å². The predicted octanol–water partition coefficient (Wildman–Crippen LogP) is 3.19. The molecule has 0 spiro atoms. The molecule has 0 bridgehead atoms. The second-order valence-corrected chi connectivity index (χ2v) is 10.5. The van der Waals surface area contributed by atoms with Crippen LogP contribution in [-0.4, -0.2) is 27.1 Å². The molecule has 1 fully saturated rings. The van der Waals surface area contributed by atoms with Crippen LogP contribution in [0.5, 0.6) is 0 Å². The summed E-state index contributed by atoms with van der Waals surface area (Å²) < 4.78 is 11.6. The molecule has 1 aliphatic rings. The van der Waals surface area contributed by atoms with Crippen LogP contribution in [0.1, 0.15) is 34.1 Å². The van der Waals surface area contributed by atoms with Gasteiger partial charge < -0.3 is 9.16 Å². The molecule has 2 nitrogen and oxygen atoms in total. The van der Waals surface area contributed by atoms with Crippen molar-refractivity contribution in [2.24, 2.45) is 0 Å². The van der Waals surface area contributed by atoms with Gasteiger partial charge in [0.1, 0.15) is 6.10 Å². The molecule has 1 saturated heterocycles. The zero-order valence-electron chi connectivity index (χ0n) is 10.4. The second kappa shape index (κ2) is 3.95. The van der Waals surface area contributed by atoms with Crippen LogP contribution in [0.4, 0.5) is 0 Å². The minimum absolute atomic E-state index is 0.301. The Hall–Kier alpha value is 0.137. The highest BCUT2D eigenvalue weighted by Crippen LogP contribution is 2.38. The van der Waals surface area contributed by atoms with E-state index in [1.165, 1.54) is 0 Å². The third-order valence-corrected chi connectivity index (χ3v) is 7.93. The summed E-state index contributed by atoms with van der Waals surface area (Å²) in [7, 11) is -1.59. The lowest BCUT2D eigenvalue weighted by Gasteiger charge is -2.38. The first-order valence-electron chi connectivity index (χ1n) is 5.57. The number of epoxide rings is 1. The van der Waals surface area contributed by atoms with Gasteiger partial charge in [-0.05, 0) is 24.6 Å². The van der Waals surface area contributed by atoms with Crippen LogP contribution >= 0.6 is 0 Å². The van der Waals surface area contributed by atoms with Gasteiger partial charge >= 0.3 is 0 Å². The van der Waals surface area contributed by atoms with E-state index in [-0.39, 0.29) is 0 Å². The van der Waals surface area contributed by atoms with Crippen LogP contribution in [0.15, 0.2) is 0 Å². The Labute approximate surface area is 89.1 Å². The lowest BCUT2D eigenvalue weighted by atomic mass is 10.2. The molecule has 0 N–H and O–H groups in total. The van der Waals surface area contributed by atoms with E-state index in [1.807, 2.05) is 0 Å². The molecule has 2 unspecified atom stereocenters. The van der Waals surface area contributed by atoms with Gasteiger partial charge in [-0.1, -0.05) is 27.7 Å². The summed E-state index contributed by atoms with van der Waals surface area (Å²) in [5.41, 5.74) is 0. The Morgan fingerprint density at radius 2 is 1.93 bits per heavy atom. The average Bonchev–Trinajstić information content (AvgIpc) is 2.80. The van der Waals surface area contributed by atoms with Crippen molar-refractivity contribution in [3.05, 3.63) is 0 Å². The van der Waals surface area contributed by atoms with Crippen LogP contribution < -0.4 is 0 Å². The second-order valence-electron chi connectivity index (χ2n) is 5.70. The van der Waals surface area contributed by atoms with Gasteiger partial charge in [0.15, 0.2) is 8.32 Å². The van der Waals surface area contributed by atoms with Gasteiger partial charge in [-0.25, -0.2) is 0 Å². The third kappa shape index (κ3) is 2.81. The molecule has 1 rings (SSSR count). The monoisotopic (exact) mass is 216 g/mol. The highest BCUT2D eigenvalue weighted by atomic mass is 28.4. The fourth-order valence-corrected chi connectivity index (χ4v) is 2.68. The van der Waals surface area contributed by atoms with Crippen molar-refractivity contribution >= 4 is 8.32 Å². The van der Waals surface area contributed by atoms with Crippen molar-refractivity contribution in [3.8, 4) is 0 Å². The molecule has 0 aromatic heterocycles. The van der Waals surface area contributed by atoms with E-state index in [0.717, 1.165) is 13.0 Å². The highest BCUT2D eigenvalue weighted by molar-refractivity contribution is 6.74. The van der Waals surface area contributed by atoms with Crippen LogP contribution in [0, 0.1) is 0 Å². The SMILES string of the molecule is CCC(O[Si](C)(C)C(C)(C)C)C1CO1. The number of hydrogen-bond acceptors (Lipinski definition) is 2. The molecule has 2 atom stereocenters. The van der Waals surface area contributed by atoms with Crippen molar-refractivity contribution < 1.29 is 9.16 Å². The number of rotatable bonds is 4. The van der Waals surface area contributed by atoms with Crippen LogP contribution in [0.25, 0.3) is 0 Å². The minimum atomic E-state index is -1.59. The topological polar surface area (TPSA) is 21.8 Å². The van der Waals surface area contributed by atoms with Gasteiger partial charge in [0.25, 0.3) is 0 Å². The quantitative estimate of drug-likeness (QED) is 0.532. The van der Waals surface area contributed by atoms with Crippen molar-refractivity contribution in [2.75, 3.05) is 6.61 Å². The molecule has 0 saturated carbocycles. The first kappa shape index (κ1) is 12.2. The van der Waals surface area contributed by atoms with Gasteiger partial charge in [0.05, 0.1) is 12.7 Å². The molecule has 84 valence electrons. The molecule has 14 heavy (non-hydrogen) atoms. The maximum Gasteiger partial charge on any atom is 0.192 e. The van der Waals surface area contributed by atoms with E-state index in [4.69, 9.17) is 9.16 Å². The Balaban J connectivity index is 2.55. The molecule has 0 aromatic carbocycles. The molecular formula is C11H24O2Si. The summed E-state index contributed by atoms with van der Waals surface area (Å²) in [5.74, 6) is 0. The molecule has 0 aliphatic carbocycles. The first-order chi connectivity index (χ1) is 6.28. The molecule has 1 aliphatic heterocycles. The molecule has 0 amide bonds. The normalized spacial score (nSPS) is 24.9. The van der Waals surface area contributed by atoms with Crippen LogP contribution in [0.2, 0.25) is 18.1 Å². The van der Waals surface area contributed by atoms with Crippen molar-refractivity contribution in [1.29, 1.82) is 0 Å². The molecular weight excluding hydrogens is 192 g/mol. The van der Waals surface area contributed by atoms with Crippen molar-refractivity contribution in [1.82, 2.24) is 0 Å². The fourth-order valence-electron chi connectivity index (χ4n) is 1.25. The Morgan fingerprint density at radius 1 is 1.43 bits per heavy atom. The maximum atomic E-state index is 6.29. The van der Waals surface area contributed by atoms with E-state index in [0.29, 0.717) is 17.2 Å². The van der Waals surface area contributed by atoms with Gasteiger partial charge in [-0.3, -0.25) is 0 Å². The molecule has 0 radical (unpaired) electrons. The lowest BCUT2D eigenvalue weighted by molar-refractivity contribution is 0.139. The molecule has 1 heterocycles. The summed E-state index contributed by atoms with van der Waals surface area (Å²) in [6.45, 7) is 14.5. The van der Waals surface area contributed by atoms with E-state index >= 15 is 0 Å². The number of ether oxygens (including phenoxy) is 1. The smallest absolute Gasteiger partial charge is 0.192 e. The summed E-state index contributed by atoms with van der Waals surface area (Å²) in [4.78, 5) is 0. The van der Waals surface area contributed by atoms with Gasteiger partial charge in [-0.2, -0.15) is 0 Å². The maximum absolute atomic E-state index is 6.29. The fraction of sp³-hybridized carbons (Fsp3) is 1.00. The minimum Gasteiger partial charge on any atom is -0.411 e. The van der Waals surface area contributed by atoms with Gasteiger partial charge in [0, 0.05) is 0 Å². The molecule has 0 aromatic rings. The summed E-state index contributed by atoms with van der Waals surface area (Å²) in [6.07, 6.45) is 1.78. The van der Waals surface area contributed by atoms with E-state index < -0.39 is 8.32 Å². The summed E-state index contributed by atoms with van der Waals surface area (Å²) in [6, 6.07) is 0. The average molecular weight is 216 g/mol. The zero-order chi connectivity index (χ0) is 11.0. The zero-order valence-corrected chi connectivity index (χ0v) is 11.4. The molecule has 3 heteroatoms. The van der Waals surface area contributed by atoms with Crippen molar-refractivity contribution in [3.63, 3.8) is 0 Å². The predicted molar refractivity (Wildman–Crippen MR) is 62.1 cm³/mol. The first-order valence-corrected chi connectivity index (χ1v) is 8.48.